The molecule has 0 aliphatic rings. The number of benzene rings is 1. The molecule has 2 heterocycles. The molecule has 0 N–H and O–H groups in total. The molecular weight excluding hydrogens is 274 g/mol. The first kappa shape index (κ1) is 12.8. The molecule has 4 heteroatoms. The third kappa shape index (κ3) is 2.83. The fourth-order valence-corrected chi connectivity index (χ4v) is 2.09. The summed E-state index contributed by atoms with van der Waals surface area (Å²) < 4.78 is 11.0. The van der Waals surface area contributed by atoms with Gasteiger partial charge in [0.15, 0.2) is 0 Å². The predicted molar refractivity (Wildman–Crippen MR) is 77.7 cm³/mol. The Bertz CT molecular complexity index is 681. The van der Waals surface area contributed by atoms with Crippen LogP contribution in [0.1, 0.15) is 5.56 Å². The lowest BCUT2D eigenvalue weighted by molar-refractivity contribution is 0.306. The lowest BCUT2D eigenvalue weighted by Crippen LogP contribution is -1.96. The number of nitrogens with zero attached hydrogens (tertiary/aromatic N) is 1. The van der Waals surface area contributed by atoms with Gasteiger partial charge in [-0.05, 0) is 36.4 Å². The van der Waals surface area contributed by atoms with E-state index in [4.69, 9.17) is 20.8 Å². The summed E-state index contributed by atoms with van der Waals surface area (Å²) in [5.41, 5.74) is 1.92. The fraction of sp³-hybridized carbons (Fsp3) is 0.0625. The highest BCUT2D eigenvalue weighted by Crippen LogP contribution is 2.31. The minimum absolute atomic E-state index is 0.438. The van der Waals surface area contributed by atoms with Crippen LogP contribution in [0, 0.1) is 0 Å². The van der Waals surface area contributed by atoms with Crippen LogP contribution in [0.5, 0.6) is 5.75 Å². The van der Waals surface area contributed by atoms with E-state index in [0.717, 1.165) is 16.9 Å². The number of halogens is 1. The molecule has 2 aromatic heterocycles. The van der Waals surface area contributed by atoms with Crippen LogP contribution in [0.4, 0.5) is 0 Å². The zero-order valence-electron chi connectivity index (χ0n) is 10.6. The van der Waals surface area contributed by atoms with Crippen molar-refractivity contribution in [3.05, 3.63) is 71.7 Å². The van der Waals surface area contributed by atoms with E-state index in [2.05, 4.69) is 4.98 Å². The van der Waals surface area contributed by atoms with Crippen LogP contribution in [0.25, 0.3) is 11.3 Å². The van der Waals surface area contributed by atoms with E-state index >= 15 is 0 Å². The Hall–Kier alpha value is -2.26. The zero-order chi connectivity index (χ0) is 13.8. The first-order valence-corrected chi connectivity index (χ1v) is 6.56. The van der Waals surface area contributed by atoms with Gasteiger partial charge >= 0.3 is 0 Å². The summed E-state index contributed by atoms with van der Waals surface area (Å²) in [5.74, 6) is 1.43. The second-order valence-electron chi connectivity index (χ2n) is 4.27. The third-order valence-electron chi connectivity index (χ3n) is 2.85. The molecule has 3 rings (SSSR count). The fourth-order valence-electron chi connectivity index (χ4n) is 1.86. The van der Waals surface area contributed by atoms with Gasteiger partial charge < -0.3 is 9.15 Å². The first-order valence-electron chi connectivity index (χ1n) is 6.18. The van der Waals surface area contributed by atoms with E-state index < -0.39 is 0 Å². The summed E-state index contributed by atoms with van der Waals surface area (Å²) in [6.07, 6.45) is 5.13. The van der Waals surface area contributed by atoms with E-state index in [9.17, 15) is 0 Å². The summed E-state index contributed by atoms with van der Waals surface area (Å²) in [5, 5.41) is 0.558. The number of ether oxygens (including phenoxy) is 1. The highest BCUT2D eigenvalue weighted by molar-refractivity contribution is 6.32. The molecule has 0 radical (unpaired) electrons. The van der Waals surface area contributed by atoms with Crippen LogP contribution in [0.15, 0.2) is 65.5 Å². The maximum absolute atomic E-state index is 6.23. The van der Waals surface area contributed by atoms with Gasteiger partial charge in [0.05, 0.1) is 11.3 Å². The van der Waals surface area contributed by atoms with Crippen LogP contribution < -0.4 is 4.74 Å². The quantitative estimate of drug-likeness (QED) is 0.704. The monoisotopic (exact) mass is 285 g/mol. The molecule has 0 unspecified atom stereocenters. The molecule has 0 atom stereocenters. The molecule has 0 spiro atoms. The largest absolute Gasteiger partial charge is 0.487 e. The molecule has 20 heavy (non-hydrogen) atoms. The Balaban J connectivity index is 1.75. The van der Waals surface area contributed by atoms with Crippen molar-refractivity contribution in [2.45, 2.75) is 6.61 Å². The molecule has 0 amide bonds. The van der Waals surface area contributed by atoms with Crippen molar-refractivity contribution in [3.8, 4) is 17.1 Å². The van der Waals surface area contributed by atoms with Crippen molar-refractivity contribution in [2.75, 3.05) is 0 Å². The van der Waals surface area contributed by atoms with Crippen molar-refractivity contribution >= 4 is 11.6 Å². The van der Waals surface area contributed by atoms with Crippen LogP contribution in [-0.2, 0) is 6.61 Å². The number of furan rings is 1. The minimum atomic E-state index is 0.438. The Morgan fingerprint density at radius 2 is 2.10 bits per heavy atom. The van der Waals surface area contributed by atoms with E-state index in [-0.39, 0.29) is 0 Å². The van der Waals surface area contributed by atoms with Gasteiger partial charge in [0.25, 0.3) is 0 Å². The Kier molecular flexibility index (Phi) is 3.70. The smallest absolute Gasteiger partial charge is 0.138 e. The molecule has 0 bridgehead atoms. The normalized spacial score (nSPS) is 10.4. The molecular formula is C16H12ClNO2. The Labute approximate surface area is 121 Å². The van der Waals surface area contributed by atoms with Gasteiger partial charge in [-0.3, -0.25) is 4.98 Å². The van der Waals surface area contributed by atoms with Gasteiger partial charge in [-0.1, -0.05) is 17.7 Å². The molecule has 1 aromatic carbocycles. The maximum atomic E-state index is 6.23. The third-order valence-corrected chi connectivity index (χ3v) is 3.15. The number of hydrogen-bond donors (Lipinski definition) is 0. The van der Waals surface area contributed by atoms with Crippen LogP contribution in [0.3, 0.4) is 0 Å². The van der Waals surface area contributed by atoms with Crippen molar-refractivity contribution in [2.24, 2.45) is 0 Å². The summed E-state index contributed by atoms with van der Waals surface area (Å²) in [6.45, 7) is 0.438. The summed E-state index contributed by atoms with van der Waals surface area (Å²) in [7, 11) is 0. The van der Waals surface area contributed by atoms with E-state index in [1.54, 1.807) is 18.7 Å². The number of aromatic nitrogens is 1. The molecule has 3 nitrogen and oxygen atoms in total. The van der Waals surface area contributed by atoms with Gasteiger partial charge in [0, 0.05) is 23.5 Å². The van der Waals surface area contributed by atoms with Gasteiger partial charge in [-0.15, -0.1) is 0 Å². The Morgan fingerprint density at radius 1 is 1.15 bits per heavy atom. The standard InChI is InChI=1S/C16H12ClNO2/c17-14-9-13(15-4-2-8-19-15)5-6-16(14)20-11-12-3-1-7-18-10-12/h1-10H,11H2. The summed E-state index contributed by atoms with van der Waals surface area (Å²) >= 11 is 6.23. The molecule has 0 aliphatic heterocycles. The van der Waals surface area contributed by atoms with Crippen molar-refractivity contribution in [1.82, 2.24) is 4.98 Å². The molecule has 3 aromatic rings. The SMILES string of the molecule is Clc1cc(-c2ccco2)ccc1OCc1cccnc1. The van der Waals surface area contributed by atoms with Crippen LogP contribution in [0.2, 0.25) is 5.02 Å². The lowest BCUT2D eigenvalue weighted by Gasteiger charge is -2.08. The zero-order valence-corrected chi connectivity index (χ0v) is 11.4. The highest BCUT2D eigenvalue weighted by atomic mass is 35.5. The van der Waals surface area contributed by atoms with Gasteiger partial charge in [0.1, 0.15) is 18.1 Å². The second kappa shape index (κ2) is 5.80. The Morgan fingerprint density at radius 3 is 2.80 bits per heavy atom. The molecule has 100 valence electrons. The van der Waals surface area contributed by atoms with Gasteiger partial charge in [-0.25, -0.2) is 0 Å². The van der Waals surface area contributed by atoms with Crippen molar-refractivity contribution in [3.63, 3.8) is 0 Å². The lowest BCUT2D eigenvalue weighted by atomic mass is 10.1. The predicted octanol–water partition coefficient (Wildman–Crippen LogP) is 4.57. The van der Waals surface area contributed by atoms with E-state index in [1.165, 1.54) is 0 Å². The second-order valence-corrected chi connectivity index (χ2v) is 4.68. The number of pyridine rings is 1. The molecule has 0 saturated heterocycles. The van der Waals surface area contributed by atoms with Crippen molar-refractivity contribution in [1.29, 1.82) is 0 Å². The van der Waals surface area contributed by atoms with Crippen LogP contribution in [-0.4, -0.2) is 4.98 Å². The average molecular weight is 286 g/mol. The van der Waals surface area contributed by atoms with E-state index in [0.29, 0.717) is 17.4 Å². The summed E-state index contributed by atoms with van der Waals surface area (Å²) in [4.78, 5) is 4.04. The van der Waals surface area contributed by atoms with Crippen LogP contribution >= 0.6 is 11.6 Å². The topological polar surface area (TPSA) is 35.3 Å². The molecule has 0 aliphatic carbocycles. The summed E-state index contributed by atoms with van der Waals surface area (Å²) in [6, 6.07) is 13.2. The van der Waals surface area contributed by atoms with Gasteiger partial charge in [-0.2, -0.15) is 0 Å². The molecule has 0 saturated carbocycles. The minimum Gasteiger partial charge on any atom is -0.487 e. The van der Waals surface area contributed by atoms with Crippen molar-refractivity contribution < 1.29 is 9.15 Å². The van der Waals surface area contributed by atoms with Gasteiger partial charge in [0.2, 0.25) is 0 Å². The van der Waals surface area contributed by atoms with E-state index in [1.807, 2.05) is 42.5 Å². The first-order chi connectivity index (χ1) is 9.83. The number of hydrogen-bond acceptors (Lipinski definition) is 3. The maximum Gasteiger partial charge on any atom is 0.138 e. The number of rotatable bonds is 4. The highest BCUT2D eigenvalue weighted by Gasteiger charge is 2.06. The average Bonchev–Trinajstić information content (AvgIpc) is 3.01. The molecule has 0 fully saturated rings.